The second kappa shape index (κ2) is 9.07. The molecule has 3 rings (SSSR count). The van der Waals surface area contributed by atoms with E-state index in [1.54, 1.807) is 18.2 Å². The van der Waals surface area contributed by atoms with Gasteiger partial charge < -0.3 is 4.90 Å². The number of hydrogen-bond donors (Lipinski definition) is 0. The molecule has 1 heterocycles. The third-order valence-corrected chi connectivity index (χ3v) is 7.22. The topological polar surface area (TPSA) is 60.9 Å². The number of aryl methyl sites for hydroxylation is 1. The molecule has 1 amide bonds. The molecule has 0 radical (unpaired) electrons. The van der Waals surface area contributed by atoms with Crippen molar-refractivity contribution in [3.63, 3.8) is 0 Å². The highest BCUT2D eigenvalue weighted by Gasteiger charge is 2.22. The van der Waals surface area contributed by atoms with E-state index >= 15 is 0 Å². The smallest absolute Gasteiger partial charge is 0.242 e. The lowest BCUT2D eigenvalue weighted by Gasteiger charge is -2.35. The Morgan fingerprint density at radius 3 is 2.34 bits per heavy atom. The van der Waals surface area contributed by atoms with Gasteiger partial charge in [-0.3, -0.25) is 9.69 Å². The summed E-state index contributed by atoms with van der Waals surface area (Å²) < 4.78 is 25.9. The molecule has 0 bridgehead atoms. The van der Waals surface area contributed by atoms with E-state index in [4.69, 9.17) is 0 Å². The van der Waals surface area contributed by atoms with Crippen LogP contribution in [-0.2, 0) is 27.8 Å². The van der Waals surface area contributed by atoms with Crippen molar-refractivity contribution in [1.29, 1.82) is 0 Å². The van der Waals surface area contributed by atoms with Gasteiger partial charge in [0.1, 0.15) is 0 Å². The van der Waals surface area contributed by atoms with Crippen molar-refractivity contribution in [2.45, 2.75) is 24.8 Å². The van der Waals surface area contributed by atoms with Crippen LogP contribution in [0.1, 0.15) is 16.7 Å². The number of carbonyl (C=O) groups excluding carboxylic acids is 1. The van der Waals surface area contributed by atoms with Gasteiger partial charge in [0.25, 0.3) is 0 Å². The summed E-state index contributed by atoms with van der Waals surface area (Å²) in [6, 6.07) is 15.1. The third kappa shape index (κ3) is 5.23. The van der Waals surface area contributed by atoms with E-state index in [-0.39, 0.29) is 5.91 Å². The molecular weight excluding hydrogens is 386 g/mol. The second-order valence-electron chi connectivity index (χ2n) is 7.70. The van der Waals surface area contributed by atoms with Gasteiger partial charge in [0.2, 0.25) is 15.9 Å². The van der Waals surface area contributed by atoms with Crippen LogP contribution in [0.15, 0.2) is 53.4 Å². The molecule has 7 heteroatoms. The fraction of sp³-hybridized carbons (Fsp3) is 0.409. The normalized spacial score (nSPS) is 15.7. The Morgan fingerprint density at radius 1 is 1.00 bits per heavy atom. The van der Waals surface area contributed by atoms with Gasteiger partial charge >= 0.3 is 0 Å². The van der Waals surface area contributed by atoms with Crippen molar-refractivity contribution < 1.29 is 13.2 Å². The number of piperazine rings is 1. The number of nitrogens with zero attached hydrogens (tertiary/aromatic N) is 3. The average Bonchev–Trinajstić information content (AvgIpc) is 2.70. The zero-order valence-corrected chi connectivity index (χ0v) is 18.2. The van der Waals surface area contributed by atoms with E-state index in [0.717, 1.165) is 29.8 Å². The molecule has 2 aromatic rings. The van der Waals surface area contributed by atoms with Crippen LogP contribution in [-0.4, -0.2) is 68.7 Å². The SMILES string of the molecule is Cc1ccccc1CC(=O)N1CCN(Cc2cccc(S(=O)(=O)N(C)C)c2)CC1. The molecule has 1 fully saturated rings. The molecule has 1 saturated heterocycles. The molecule has 0 aromatic heterocycles. The first kappa shape index (κ1) is 21.5. The van der Waals surface area contributed by atoms with Crippen molar-refractivity contribution in [3.8, 4) is 0 Å². The van der Waals surface area contributed by atoms with E-state index in [0.29, 0.717) is 31.0 Å². The number of amides is 1. The van der Waals surface area contributed by atoms with Gasteiger partial charge in [-0.2, -0.15) is 0 Å². The molecule has 0 atom stereocenters. The van der Waals surface area contributed by atoms with Crippen LogP contribution in [0, 0.1) is 6.92 Å². The van der Waals surface area contributed by atoms with Gasteiger partial charge in [-0.15, -0.1) is 0 Å². The highest BCUT2D eigenvalue weighted by Crippen LogP contribution is 2.17. The van der Waals surface area contributed by atoms with Crippen LogP contribution in [0.5, 0.6) is 0 Å². The van der Waals surface area contributed by atoms with E-state index in [1.165, 1.54) is 18.4 Å². The first-order valence-corrected chi connectivity index (χ1v) is 11.3. The maximum Gasteiger partial charge on any atom is 0.242 e. The van der Waals surface area contributed by atoms with Gasteiger partial charge in [0.05, 0.1) is 11.3 Å². The largest absolute Gasteiger partial charge is 0.340 e. The van der Waals surface area contributed by atoms with Gasteiger partial charge in [0, 0.05) is 46.8 Å². The van der Waals surface area contributed by atoms with Gasteiger partial charge in [-0.25, -0.2) is 12.7 Å². The number of benzene rings is 2. The van der Waals surface area contributed by atoms with Crippen molar-refractivity contribution in [2.75, 3.05) is 40.3 Å². The Labute approximate surface area is 173 Å². The number of rotatable bonds is 6. The predicted molar refractivity (Wildman–Crippen MR) is 114 cm³/mol. The first-order valence-electron chi connectivity index (χ1n) is 9.83. The van der Waals surface area contributed by atoms with Crippen LogP contribution in [0.4, 0.5) is 0 Å². The summed E-state index contributed by atoms with van der Waals surface area (Å²) in [4.78, 5) is 17.1. The molecule has 2 aromatic carbocycles. The van der Waals surface area contributed by atoms with Gasteiger partial charge in [0.15, 0.2) is 0 Å². The van der Waals surface area contributed by atoms with Crippen molar-refractivity contribution in [2.24, 2.45) is 0 Å². The van der Waals surface area contributed by atoms with Crippen LogP contribution in [0.2, 0.25) is 0 Å². The zero-order valence-electron chi connectivity index (χ0n) is 17.3. The minimum Gasteiger partial charge on any atom is -0.340 e. The Morgan fingerprint density at radius 2 is 1.69 bits per heavy atom. The molecule has 0 unspecified atom stereocenters. The summed E-state index contributed by atoms with van der Waals surface area (Å²) in [5.41, 5.74) is 3.19. The van der Waals surface area contributed by atoms with Crippen molar-refractivity contribution in [3.05, 3.63) is 65.2 Å². The summed E-state index contributed by atoms with van der Waals surface area (Å²) in [7, 11) is -0.358. The molecule has 1 aliphatic rings. The minimum absolute atomic E-state index is 0.165. The molecule has 0 spiro atoms. The summed E-state index contributed by atoms with van der Waals surface area (Å²) in [6.45, 7) is 5.66. The summed E-state index contributed by atoms with van der Waals surface area (Å²) in [5, 5.41) is 0. The molecule has 0 saturated carbocycles. The lowest BCUT2D eigenvalue weighted by atomic mass is 10.1. The lowest BCUT2D eigenvalue weighted by Crippen LogP contribution is -2.48. The van der Waals surface area contributed by atoms with Gasteiger partial charge in [-0.05, 0) is 35.7 Å². The Kier molecular flexibility index (Phi) is 6.72. The maximum atomic E-state index is 12.6. The van der Waals surface area contributed by atoms with E-state index in [2.05, 4.69) is 4.90 Å². The zero-order chi connectivity index (χ0) is 21.0. The van der Waals surface area contributed by atoms with E-state index in [9.17, 15) is 13.2 Å². The maximum absolute atomic E-state index is 12.6. The Balaban J connectivity index is 1.56. The monoisotopic (exact) mass is 415 g/mol. The third-order valence-electron chi connectivity index (χ3n) is 5.41. The fourth-order valence-electron chi connectivity index (χ4n) is 3.51. The molecule has 156 valence electrons. The minimum atomic E-state index is -3.43. The van der Waals surface area contributed by atoms with E-state index in [1.807, 2.05) is 42.2 Å². The number of carbonyl (C=O) groups is 1. The van der Waals surface area contributed by atoms with Gasteiger partial charge in [-0.1, -0.05) is 36.4 Å². The van der Waals surface area contributed by atoms with Crippen LogP contribution < -0.4 is 0 Å². The highest BCUT2D eigenvalue weighted by atomic mass is 32.2. The molecule has 6 nitrogen and oxygen atoms in total. The predicted octanol–water partition coefficient (Wildman–Crippen LogP) is 2.13. The molecule has 29 heavy (non-hydrogen) atoms. The molecule has 0 N–H and O–H groups in total. The molecule has 0 aliphatic carbocycles. The second-order valence-corrected chi connectivity index (χ2v) is 9.85. The lowest BCUT2D eigenvalue weighted by molar-refractivity contribution is -0.132. The molecular formula is C22H29N3O3S. The fourth-order valence-corrected chi connectivity index (χ4v) is 4.48. The number of sulfonamides is 1. The number of hydrogen-bond acceptors (Lipinski definition) is 4. The standard InChI is InChI=1S/C22H29N3O3S/c1-18-7-4-5-9-20(18)16-22(26)25-13-11-24(12-14-25)17-19-8-6-10-21(15-19)29(27,28)23(2)3/h4-10,15H,11-14,16-17H2,1-3H3. The van der Waals surface area contributed by atoms with Crippen LogP contribution in [0.3, 0.4) is 0 Å². The first-order chi connectivity index (χ1) is 13.8. The highest BCUT2D eigenvalue weighted by molar-refractivity contribution is 7.89. The quantitative estimate of drug-likeness (QED) is 0.725. The Bertz CT molecular complexity index is 965. The summed E-state index contributed by atoms with van der Waals surface area (Å²) in [5.74, 6) is 0.165. The van der Waals surface area contributed by atoms with E-state index < -0.39 is 10.0 Å². The summed E-state index contributed by atoms with van der Waals surface area (Å²) >= 11 is 0. The van der Waals surface area contributed by atoms with Crippen molar-refractivity contribution in [1.82, 2.24) is 14.1 Å². The van der Waals surface area contributed by atoms with Crippen LogP contribution in [0.25, 0.3) is 0 Å². The van der Waals surface area contributed by atoms with Crippen LogP contribution >= 0.6 is 0 Å². The molecule has 1 aliphatic heterocycles. The summed E-state index contributed by atoms with van der Waals surface area (Å²) in [6.07, 6.45) is 0.442. The van der Waals surface area contributed by atoms with Crippen molar-refractivity contribution >= 4 is 15.9 Å². The Hall–Kier alpha value is -2.22. The average molecular weight is 416 g/mol.